The van der Waals surface area contributed by atoms with Crippen molar-refractivity contribution >= 4 is 31.1 Å². The minimum atomic E-state index is -1.03. The molecule has 3 rings (SSSR count). The summed E-state index contributed by atoms with van der Waals surface area (Å²) in [7, 11) is -1.36. The molecule has 146 valence electrons. The van der Waals surface area contributed by atoms with E-state index < -0.39 is 42.6 Å². The van der Waals surface area contributed by atoms with E-state index in [1.54, 1.807) is 18.2 Å². The van der Waals surface area contributed by atoms with Crippen LogP contribution in [0.5, 0.6) is 0 Å². The van der Waals surface area contributed by atoms with Crippen LogP contribution in [0, 0.1) is 0 Å². The van der Waals surface area contributed by atoms with E-state index in [-0.39, 0.29) is 5.56 Å². The molecule has 0 amide bonds. The van der Waals surface area contributed by atoms with Gasteiger partial charge in [0.25, 0.3) is 0 Å². The van der Waals surface area contributed by atoms with Gasteiger partial charge in [-0.2, -0.15) is 0 Å². The van der Waals surface area contributed by atoms with Crippen molar-refractivity contribution in [2.24, 2.45) is 0 Å². The largest absolute Gasteiger partial charge is 0.495 e. The van der Waals surface area contributed by atoms with E-state index >= 15 is 0 Å². The first-order valence-corrected chi connectivity index (χ1v) is 9.25. The molecule has 0 aliphatic carbocycles. The van der Waals surface area contributed by atoms with E-state index in [2.05, 4.69) is 0 Å². The number of carboxylic acid groups (broad SMARTS) is 1. The Morgan fingerprint density at radius 2 is 1.19 bits per heavy atom. The van der Waals surface area contributed by atoms with Gasteiger partial charge in [-0.15, -0.1) is 0 Å². The van der Waals surface area contributed by atoms with E-state index in [4.69, 9.17) is 18.6 Å². The number of rotatable bonds is 3. The molecule has 0 atom stereocenters. The Morgan fingerprint density at radius 3 is 1.59 bits per heavy atom. The molecule has 0 spiro atoms. The van der Waals surface area contributed by atoms with Gasteiger partial charge in [-0.1, -0.05) is 12.1 Å². The number of carboxylic acids is 1. The molecule has 0 saturated carbocycles. The summed E-state index contributed by atoms with van der Waals surface area (Å²) in [6.45, 7) is 15.7. The molecule has 2 aliphatic heterocycles. The molecule has 2 aliphatic rings. The molecule has 1 aromatic rings. The second-order valence-electron chi connectivity index (χ2n) is 9.33. The minimum Gasteiger partial charge on any atom is -0.478 e. The number of benzene rings is 1. The second kappa shape index (κ2) is 6.08. The molecule has 0 bridgehead atoms. The normalized spacial score (nSPS) is 25.0. The van der Waals surface area contributed by atoms with Gasteiger partial charge in [0.05, 0.1) is 28.0 Å². The zero-order valence-corrected chi connectivity index (χ0v) is 17.4. The number of aromatic carboxylic acids is 1. The molecule has 2 heterocycles. The van der Waals surface area contributed by atoms with Crippen LogP contribution in [0.2, 0.25) is 0 Å². The van der Waals surface area contributed by atoms with Crippen molar-refractivity contribution in [3.8, 4) is 0 Å². The van der Waals surface area contributed by atoms with Crippen molar-refractivity contribution in [3.05, 3.63) is 23.8 Å². The van der Waals surface area contributed by atoms with Gasteiger partial charge in [0.1, 0.15) is 0 Å². The Kier molecular flexibility index (Phi) is 4.59. The maximum atomic E-state index is 11.8. The Labute approximate surface area is 161 Å². The van der Waals surface area contributed by atoms with Crippen LogP contribution in [0.25, 0.3) is 0 Å². The van der Waals surface area contributed by atoms with Crippen LogP contribution in [0.15, 0.2) is 18.2 Å². The predicted octanol–water partition coefficient (Wildman–Crippen LogP) is 1.98. The zero-order valence-electron chi connectivity index (χ0n) is 17.4. The van der Waals surface area contributed by atoms with E-state index in [9.17, 15) is 9.90 Å². The molecule has 2 fully saturated rings. The van der Waals surface area contributed by atoms with Crippen molar-refractivity contribution in [1.29, 1.82) is 0 Å². The van der Waals surface area contributed by atoms with Crippen LogP contribution < -0.4 is 10.9 Å². The van der Waals surface area contributed by atoms with Crippen LogP contribution in [0.4, 0.5) is 0 Å². The van der Waals surface area contributed by atoms with Crippen LogP contribution >= 0.6 is 0 Å². The lowest BCUT2D eigenvalue weighted by molar-refractivity contribution is 0.00578. The van der Waals surface area contributed by atoms with Gasteiger partial charge in [0.15, 0.2) is 0 Å². The molecule has 6 nitrogen and oxygen atoms in total. The molecule has 8 heteroatoms. The first-order chi connectivity index (χ1) is 12.2. The monoisotopic (exact) mass is 374 g/mol. The van der Waals surface area contributed by atoms with Crippen molar-refractivity contribution in [2.75, 3.05) is 0 Å². The van der Waals surface area contributed by atoms with Gasteiger partial charge >= 0.3 is 20.2 Å². The molecule has 1 aromatic carbocycles. The van der Waals surface area contributed by atoms with Crippen LogP contribution in [0.3, 0.4) is 0 Å². The lowest BCUT2D eigenvalue weighted by Gasteiger charge is -2.32. The Morgan fingerprint density at radius 1 is 0.778 bits per heavy atom. The number of hydrogen-bond donors (Lipinski definition) is 1. The summed E-state index contributed by atoms with van der Waals surface area (Å²) >= 11 is 0. The molecule has 0 radical (unpaired) electrons. The molecule has 27 heavy (non-hydrogen) atoms. The van der Waals surface area contributed by atoms with Crippen molar-refractivity contribution in [1.82, 2.24) is 0 Å². The zero-order chi connectivity index (χ0) is 20.4. The summed E-state index contributed by atoms with van der Waals surface area (Å²) in [6, 6.07) is 5.04. The fourth-order valence-electron chi connectivity index (χ4n) is 3.07. The molecule has 2 saturated heterocycles. The first kappa shape index (κ1) is 20.4. The number of carbonyl (C=O) groups is 1. The maximum Gasteiger partial charge on any atom is 0.495 e. The van der Waals surface area contributed by atoms with Crippen molar-refractivity contribution in [3.63, 3.8) is 0 Å². The van der Waals surface area contributed by atoms with E-state index in [0.717, 1.165) is 5.46 Å². The second-order valence-corrected chi connectivity index (χ2v) is 9.33. The Bertz CT molecular complexity index is 739. The average molecular weight is 374 g/mol. The molecular formula is C19H28B2O6. The highest BCUT2D eigenvalue weighted by Crippen LogP contribution is 2.38. The molecule has 1 N–H and O–H groups in total. The van der Waals surface area contributed by atoms with Crippen LogP contribution in [0.1, 0.15) is 65.7 Å². The van der Waals surface area contributed by atoms with Gasteiger partial charge < -0.3 is 23.7 Å². The lowest BCUT2D eigenvalue weighted by atomic mass is 9.70. The minimum absolute atomic E-state index is 0.147. The van der Waals surface area contributed by atoms with Gasteiger partial charge in [0.2, 0.25) is 0 Å². The fourth-order valence-corrected chi connectivity index (χ4v) is 3.07. The van der Waals surface area contributed by atoms with Crippen LogP contribution in [-0.4, -0.2) is 47.7 Å². The standard InChI is InChI=1S/C19H28B2O6/c1-16(2)17(3,4)25-20(24-16)12-9-10-13(15(22)23)14(11-12)21-26-18(5,6)19(7,8)27-21/h9-11H,1-8H3,(H,22,23). The molecular weight excluding hydrogens is 346 g/mol. The third kappa shape index (κ3) is 3.33. The summed E-state index contributed by atoms with van der Waals surface area (Å²) < 4.78 is 24.3. The van der Waals surface area contributed by atoms with Crippen molar-refractivity contribution < 1.29 is 28.5 Å². The van der Waals surface area contributed by atoms with Crippen molar-refractivity contribution in [2.45, 2.75) is 77.8 Å². The lowest BCUT2D eigenvalue weighted by Crippen LogP contribution is -2.43. The van der Waals surface area contributed by atoms with Gasteiger partial charge in [-0.25, -0.2) is 4.79 Å². The average Bonchev–Trinajstić information content (AvgIpc) is 2.86. The quantitative estimate of drug-likeness (QED) is 0.816. The summed E-state index contributed by atoms with van der Waals surface area (Å²) in [4.78, 5) is 11.8. The van der Waals surface area contributed by atoms with Gasteiger partial charge in [0, 0.05) is 0 Å². The summed E-state index contributed by atoms with van der Waals surface area (Å²) in [6.07, 6.45) is 0. The van der Waals surface area contributed by atoms with E-state index in [1.807, 2.05) is 55.4 Å². The topological polar surface area (TPSA) is 74.2 Å². The third-order valence-electron chi connectivity index (χ3n) is 6.34. The van der Waals surface area contributed by atoms with E-state index in [0.29, 0.717) is 5.46 Å². The highest BCUT2D eigenvalue weighted by molar-refractivity contribution is 6.67. The third-order valence-corrected chi connectivity index (χ3v) is 6.34. The summed E-state index contributed by atoms with van der Waals surface area (Å²) in [5.74, 6) is -1.03. The van der Waals surface area contributed by atoms with E-state index in [1.165, 1.54) is 0 Å². The highest BCUT2D eigenvalue weighted by atomic mass is 16.7. The Balaban J connectivity index is 2.00. The van der Waals surface area contributed by atoms with Gasteiger partial charge in [-0.3, -0.25) is 0 Å². The fraction of sp³-hybridized carbons (Fsp3) is 0.632. The number of hydrogen-bond acceptors (Lipinski definition) is 5. The van der Waals surface area contributed by atoms with Gasteiger partial charge in [-0.05, 0) is 72.4 Å². The van der Waals surface area contributed by atoms with Crippen LogP contribution in [-0.2, 0) is 18.6 Å². The summed E-state index contributed by atoms with van der Waals surface area (Å²) in [5, 5.41) is 9.63. The first-order valence-electron chi connectivity index (χ1n) is 9.25. The molecule has 0 aromatic heterocycles. The highest BCUT2D eigenvalue weighted by Gasteiger charge is 2.54. The Hall–Kier alpha value is -1.34. The SMILES string of the molecule is CC1(C)OB(c2ccc(C(=O)O)c(B3OC(C)(C)C(C)(C)O3)c2)OC1(C)C. The smallest absolute Gasteiger partial charge is 0.478 e. The predicted molar refractivity (Wildman–Crippen MR) is 105 cm³/mol. The maximum absolute atomic E-state index is 11.8. The molecule has 0 unspecified atom stereocenters. The summed E-state index contributed by atoms with van der Waals surface area (Å²) in [5.41, 5.74) is -0.728.